The van der Waals surface area contributed by atoms with E-state index >= 15 is 0 Å². The third-order valence-corrected chi connectivity index (χ3v) is 8.10. The van der Waals surface area contributed by atoms with Crippen molar-refractivity contribution in [3.8, 4) is 0 Å². The first-order valence-electron chi connectivity index (χ1n) is 7.69. The van der Waals surface area contributed by atoms with Crippen LogP contribution in [-0.4, -0.2) is 14.9 Å². The van der Waals surface area contributed by atoms with Gasteiger partial charge in [-0.25, -0.2) is 0 Å². The fourth-order valence-electron chi connectivity index (χ4n) is 2.73. The molecule has 0 N–H and O–H groups in total. The Morgan fingerprint density at radius 1 is 0.952 bits per heavy atom. The first-order chi connectivity index (χ1) is 10.3. The van der Waals surface area contributed by atoms with Crippen molar-refractivity contribution in [2.24, 2.45) is 0 Å². The van der Waals surface area contributed by atoms with Crippen molar-refractivity contribution in [2.45, 2.75) is 25.8 Å². The predicted octanol–water partition coefficient (Wildman–Crippen LogP) is 3.75. The first-order valence-corrected chi connectivity index (χ1v) is 9.81. The molecule has 2 rings (SSSR count). The topological polar surface area (TPSA) is 9.23 Å². The standard InChI is InChI=1S/C19H24OSi/c1-3-5-12-17-20-21(4-2,18-13-8-6-9-14-18)19-15-10-7-11-16-19/h3,6-11,13-16H,1,4-5,12,17H2,2H3. The Balaban J connectivity index is 2.34. The lowest BCUT2D eigenvalue weighted by Gasteiger charge is -2.31. The summed E-state index contributed by atoms with van der Waals surface area (Å²) < 4.78 is 6.54. The molecule has 0 bridgehead atoms. The normalized spacial score (nSPS) is 11.3. The van der Waals surface area contributed by atoms with Crippen molar-refractivity contribution in [3.05, 3.63) is 73.3 Å². The summed E-state index contributed by atoms with van der Waals surface area (Å²) in [4.78, 5) is 0. The van der Waals surface area contributed by atoms with Gasteiger partial charge in [0.25, 0.3) is 8.32 Å². The molecule has 0 aromatic heterocycles. The summed E-state index contributed by atoms with van der Waals surface area (Å²) in [7, 11) is -2.11. The van der Waals surface area contributed by atoms with Gasteiger partial charge in [0, 0.05) is 6.61 Å². The molecule has 0 saturated heterocycles. The zero-order valence-electron chi connectivity index (χ0n) is 12.8. The van der Waals surface area contributed by atoms with Crippen molar-refractivity contribution < 1.29 is 4.43 Å². The van der Waals surface area contributed by atoms with Crippen LogP contribution >= 0.6 is 0 Å². The van der Waals surface area contributed by atoms with Gasteiger partial charge in [0.1, 0.15) is 0 Å². The van der Waals surface area contributed by atoms with Gasteiger partial charge in [0.15, 0.2) is 0 Å². The van der Waals surface area contributed by atoms with Gasteiger partial charge in [-0.05, 0) is 29.3 Å². The maximum atomic E-state index is 6.54. The summed E-state index contributed by atoms with van der Waals surface area (Å²) in [6, 6.07) is 22.5. The van der Waals surface area contributed by atoms with E-state index in [-0.39, 0.29) is 0 Å². The van der Waals surface area contributed by atoms with E-state index in [0.717, 1.165) is 25.5 Å². The average Bonchev–Trinajstić information content (AvgIpc) is 2.57. The van der Waals surface area contributed by atoms with E-state index in [9.17, 15) is 0 Å². The Morgan fingerprint density at radius 2 is 1.48 bits per heavy atom. The van der Waals surface area contributed by atoms with Crippen molar-refractivity contribution in [2.75, 3.05) is 6.61 Å². The molecular formula is C19H24OSi. The molecule has 0 saturated carbocycles. The second-order valence-electron chi connectivity index (χ2n) is 5.19. The Hall–Kier alpha value is -1.64. The number of rotatable bonds is 8. The van der Waals surface area contributed by atoms with Crippen LogP contribution in [0.5, 0.6) is 0 Å². The number of hydrogen-bond donors (Lipinski definition) is 0. The highest BCUT2D eigenvalue weighted by molar-refractivity contribution is 6.97. The van der Waals surface area contributed by atoms with Gasteiger partial charge in [-0.1, -0.05) is 73.7 Å². The quantitative estimate of drug-likeness (QED) is 0.409. The zero-order valence-corrected chi connectivity index (χ0v) is 13.8. The van der Waals surface area contributed by atoms with Crippen LogP contribution in [0.2, 0.25) is 6.04 Å². The van der Waals surface area contributed by atoms with Crippen molar-refractivity contribution in [1.29, 1.82) is 0 Å². The van der Waals surface area contributed by atoms with Crippen LogP contribution in [0.1, 0.15) is 19.8 Å². The Kier molecular flexibility index (Phi) is 5.97. The second-order valence-corrected chi connectivity index (χ2v) is 9.00. The van der Waals surface area contributed by atoms with E-state index in [1.54, 1.807) is 0 Å². The second kappa shape index (κ2) is 7.96. The Labute approximate surface area is 129 Å². The van der Waals surface area contributed by atoms with Gasteiger partial charge in [0.2, 0.25) is 0 Å². The summed E-state index contributed by atoms with van der Waals surface area (Å²) in [5, 5.41) is 2.72. The summed E-state index contributed by atoms with van der Waals surface area (Å²) in [5.74, 6) is 0. The smallest absolute Gasteiger partial charge is 0.255 e. The highest BCUT2D eigenvalue weighted by atomic mass is 28.4. The van der Waals surface area contributed by atoms with Crippen LogP contribution in [-0.2, 0) is 4.43 Å². The SMILES string of the molecule is C=CCCCO[Si](CC)(c1ccccc1)c1ccccc1. The number of benzene rings is 2. The number of allylic oxidation sites excluding steroid dienone is 1. The summed E-state index contributed by atoms with van der Waals surface area (Å²) in [6.07, 6.45) is 4.01. The lowest BCUT2D eigenvalue weighted by Crippen LogP contribution is -2.60. The molecule has 0 unspecified atom stereocenters. The van der Waals surface area contributed by atoms with E-state index < -0.39 is 8.32 Å². The molecule has 0 atom stereocenters. The fourth-order valence-corrected chi connectivity index (χ4v) is 6.37. The van der Waals surface area contributed by atoms with Gasteiger partial charge in [-0.15, -0.1) is 6.58 Å². The minimum Gasteiger partial charge on any atom is -0.408 e. The van der Waals surface area contributed by atoms with Crippen LogP contribution < -0.4 is 10.4 Å². The molecular weight excluding hydrogens is 272 g/mol. The average molecular weight is 296 g/mol. The summed E-state index contributed by atoms with van der Waals surface area (Å²) in [6.45, 7) is 6.84. The molecule has 0 radical (unpaired) electrons. The Bertz CT molecular complexity index is 497. The van der Waals surface area contributed by atoms with E-state index in [0.29, 0.717) is 0 Å². The lowest BCUT2D eigenvalue weighted by atomic mass is 10.3. The lowest BCUT2D eigenvalue weighted by molar-refractivity contribution is 0.310. The number of unbranched alkanes of at least 4 members (excludes halogenated alkanes) is 1. The van der Waals surface area contributed by atoms with E-state index in [2.05, 4.69) is 74.2 Å². The van der Waals surface area contributed by atoms with Crippen molar-refractivity contribution in [1.82, 2.24) is 0 Å². The summed E-state index contributed by atoms with van der Waals surface area (Å²) in [5.41, 5.74) is 0. The van der Waals surface area contributed by atoms with Crippen LogP contribution in [0, 0.1) is 0 Å². The first kappa shape index (κ1) is 15.7. The maximum absolute atomic E-state index is 6.54. The molecule has 0 heterocycles. The molecule has 0 spiro atoms. The van der Waals surface area contributed by atoms with Crippen LogP contribution in [0.25, 0.3) is 0 Å². The molecule has 0 aliphatic rings. The maximum Gasteiger partial charge on any atom is 0.255 e. The van der Waals surface area contributed by atoms with Gasteiger partial charge >= 0.3 is 0 Å². The van der Waals surface area contributed by atoms with Crippen LogP contribution in [0.3, 0.4) is 0 Å². The monoisotopic (exact) mass is 296 g/mol. The van der Waals surface area contributed by atoms with Crippen molar-refractivity contribution >= 4 is 18.7 Å². The van der Waals surface area contributed by atoms with Crippen LogP contribution in [0.4, 0.5) is 0 Å². The zero-order chi connectivity index (χ0) is 15.0. The minimum absolute atomic E-state index is 0.801. The van der Waals surface area contributed by atoms with Crippen molar-refractivity contribution in [3.63, 3.8) is 0 Å². The van der Waals surface area contributed by atoms with Gasteiger partial charge in [-0.2, -0.15) is 0 Å². The highest BCUT2D eigenvalue weighted by Gasteiger charge is 2.37. The molecule has 0 aliphatic carbocycles. The summed E-state index contributed by atoms with van der Waals surface area (Å²) >= 11 is 0. The number of hydrogen-bond acceptors (Lipinski definition) is 1. The van der Waals surface area contributed by atoms with E-state index in [4.69, 9.17) is 4.43 Å². The highest BCUT2D eigenvalue weighted by Crippen LogP contribution is 2.14. The Morgan fingerprint density at radius 3 is 1.90 bits per heavy atom. The van der Waals surface area contributed by atoms with Gasteiger partial charge in [0.05, 0.1) is 0 Å². The minimum atomic E-state index is -2.11. The molecule has 0 aliphatic heterocycles. The molecule has 2 heteroatoms. The third kappa shape index (κ3) is 3.72. The largest absolute Gasteiger partial charge is 0.408 e. The molecule has 0 fully saturated rings. The van der Waals surface area contributed by atoms with E-state index in [1.165, 1.54) is 10.4 Å². The molecule has 2 aromatic carbocycles. The van der Waals surface area contributed by atoms with Gasteiger partial charge in [-0.3, -0.25) is 0 Å². The molecule has 0 amide bonds. The molecule has 21 heavy (non-hydrogen) atoms. The van der Waals surface area contributed by atoms with Crippen LogP contribution in [0.15, 0.2) is 73.3 Å². The van der Waals surface area contributed by atoms with Gasteiger partial charge < -0.3 is 4.43 Å². The predicted molar refractivity (Wildman–Crippen MR) is 93.8 cm³/mol. The molecule has 2 aromatic rings. The fraction of sp³-hybridized carbons (Fsp3) is 0.263. The molecule has 1 nitrogen and oxygen atoms in total. The molecule has 110 valence electrons. The van der Waals surface area contributed by atoms with E-state index in [1.807, 2.05) is 6.08 Å². The third-order valence-electron chi connectivity index (χ3n) is 3.88.